The van der Waals surface area contributed by atoms with Crippen LogP contribution in [-0.2, 0) is 13.1 Å². The number of aryl methyl sites for hydroxylation is 1. The molecule has 1 fully saturated rings. The van der Waals surface area contributed by atoms with Crippen LogP contribution in [0.25, 0.3) is 11.0 Å². The van der Waals surface area contributed by atoms with E-state index in [-0.39, 0.29) is 5.69 Å². The minimum absolute atomic E-state index is 0.0569. The largest absolute Gasteiger partial charge is 0.327 e. The Hall–Kier alpha value is -2.50. The molecule has 3 aromatic rings. The Bertz CT molecular complexity index is 1230. The molecule has 0 bridgehead atoms. The second-order valence-electron chi connectivity index (χ2n) is 8.99. The van der Waals surface area contributed by atoms with E-state index in [9.17, 15) is 8.78 Å². The van der Waals surface area contributed by atoms with E-state index < -0.39 is 11.6 Å². The van der Waals surface area contributed by atoms with Gasteiger partial charge in [0.25, 0.3) is 0 Å². The minimum Gasteiger partial charge on any atom is -0.327 e. The molecule has 1 unspecified atom stereocenters. The number of benzene rings is 1. The van der Waals surface area contributed by atoms with Crippen LogP contribution >= 0.6 is 9.39 Å². The predicted molar refractivity (Wildman–Crippen MR) is 133 cm³/mol. The molecule has 5 nitrogen and oxygen atoms in total. The minimum atomic E-state index is -0.590. The zero-order valence-corrected chi connectivity index (χ0v) is 20.4. The standard InChI is InChI=1S/C25H30F2N5P/c1-4-30-17(3)31(24-21(26)9-8-16(2)22(24)27)14-18-13-28-25-20(23(18)30)12-19(32(25)33)15-29-10-6-5-7-11-29/h8-9,12-13H,3-7,10-11,14-15,33H2,1-2H3. The van der Waals surface area contributed by atoms with Crippen LogP contribution in [0.2, 0.25) is 0 Å². The van der Waals surface area contributed by atoms with E-state index in [1.807, 2.05) is 18.0 Å². The molecule has 0 spiro atoms. The highest BCUT2D eigenvalue weighted by Crippen LogP contribution is 2.42. The molecule has 2 aliphatic heterocycles. The van der Waals surface area contributed by atoms with Crippen molar-refractivity contribution in [2.24, 2.45) is 0 Å². The fourth-order valence-electron chi connectivity index (χ4n) is 5.12. The second kappa shape index (κ2) is 8.69. The number of rotatable bonds is 4. The Morgan fingerprint density at radius 1 is 1.12 bits per heavy atom. The summed E-state index contributed by atoms with van der Waals surface area (Å²) in [6.45, 7) is 12.0. The molecular weight excluding hydrogens is 439 g/mol. The summed E-state index contributed by atoms with van der Waals surface area (Å²) < 4.78 is 31.8. The lowest BCUT2D eigenvalue weighted by Gasteiger charge is -2.41. The van der Waals surface area contributed by atoms with Gasteiger partial charge in [-0.2, -0.15) is 0 Å². The number of hydrogen-bond donors (Lipinski definition) is 0. The average Bonchev–Trinajstić information content (AvgIpc) is 3.13. The van der Waals surface area contributed by atoms with Crippen LogP contribution in [0.1, 0.15) is 43.0 Å². The Labute approximate surface area is 195 Å². The lowest BCUT2D eigenvalue weighted by Crippen LogP contribution is -2.40. The van der Waals surface area contributed by atoms with E-state index >= 15 is 0 Å². The van der Waals surface area contributed by atoms with Gasteiger partial charge < -0.3 is 14.1 Å². The van der Waals surface area contributed by atoms with Crippen molar-refractivity contribution in [2.45, 2.75) is 46.2 Å². The molecule has 174 valence electrons. The topological polar surface area (TPSA) is 27.5 Å². The Kier molecular flexibility index (Phi) is 5.87. The summed E-state index contributed by atoms with van der Waals surface area (Å²) in [7, 11) is 2.80. The number of likely N-dealkylation sites (tertiary alicyclic amines) is 1. The molecule has 1 atom stereocenters. The van der Waals surface area contributed by atoms with E-state index in [4.69, 9.17) is 4.98 Å². The van der Waals surface area contributed by atoms with Crippen LogP contribution in [0.3, 0.4) is 0 Å². The van der Waals surface area contributed by atoms with E-state index in [1.54, 1.807) is 11.8 Å². The summed E-state index contributed by atoms with van der Waals surface area (Å²) >= 11 is 0. The van der Waals surface area contributed by atoms with Gasteiger partial charge in [-0.05, 0) is 66.9 Å². The molecular formula is C25H30F2N5P. The van der Waals surface area contributed by atoms with Gasteiger partial charge in [0, 0.05) is 35.9 Å². The van der Waals surface area contributed by atoms with Crippen molar-refractivity contribution >= 4 is 31.8 Å². The van der Waals surface area contributed by atoms with Crippen LogP contribution < -0.4 is 9.80 Å². The van der Waals surface area contributed by atoms with Gasteiger partial charge in [-0.25, -0.2) is 13.8 Å². The van der Waals surface area contributed by atoms with Crippen molar-refractivity contribution < 1.29 is 8.78 Å². The normalized spacial score (nSPS) is 17.2. The Morgan fingerprint density at radius 3 is 2.61 bits per heavy atom. The molecule has 1 saturated heterocycles. The smallest absolute Gasteiger partial charge is 0.152 e. The van der Waals surface area contributed by atoms with Crippen molar-refractivity contribution in [1.82, 2.24) is 14.2 Å². The summed E-state index contributed by atoms with van der Waals surface area (Å²) in [5.74, 6) is -0.577. The predicted octanol–water partition coefficient (Wildman–Crippen LogP) is 5.56. The fourth-order valence-corrected chi connectivity index (χ4v) is 5.48. The van der Waals surface area contributed by atoms with Gasteiger partial charge in [-0.15, -0.1) is 0 Å². The van der Waals surface area contributed by atoms with E-state index in [1.165, 1.54) is 37.1 Å². The first-order chi connectivity index (χ1) is 15.9. The lowest BCUT2D eigenvalue weighted by molar-refractivity contribution is 0.218. The van der Waals surface area contributed by atoms with Crippen LogP contribution in [0.15, 0.2) is 36.8 Å². The van der Waals surface area contributed by atoms with Crippen LogP contribution in [0.5, 0.6) is 0 Å². The Morgan fingerprint density at radius 2 is 1.88 bits per heavy atom. The van der Waals surface area contributed by atoms with Crippen LogP contribution in [-0.4, -0.2) is 33.9 Å². The highest BCUT2D eigenvalue weighted by Gasteiger charge is 2.32. The number of pyridine rings is 1. The third kappa shape index (κ3) is 3.71. The van der Waals surface area contributed by atoms with Crippen molar-refractivity contribution in [1.29, 1.82) is 0 Å². The van der Waals surface area contributed by atoms with E-state index in [2.05, 4.69) is 31.3 Å². The van der Waals surface area contributed by atoms with Gasteiger partial charge in [-0.3, -0.25) is 4.90 Å². The zero-order chi connectivity index (χ0) is 23.3. The summed E-state index contributed by atoms with van der Waals surface area (Å²) in [4.78, 5) is 10.9. The highest BCUT2D eigenvalue weighted by atomic mass is 31.0. The molecule has 0 saturated carbocycles. The molecule has 0 radical (unpaired) electrons. The van der Waals surface area contributed by atoms with Gasteiger partial charge in [0.1, 0.15) is 23.0 Å². The molecule has 0 N–H and O–H groups in total. The molecule has 1 aromatic carbocycles. The van der Waals surface area contributed by atoms with Crippen LogP contribution in [0, 0.1) is 18.6 Å². The zero-order valence-electron chi connectivity index (χ0n) is 19.2. The number of nitrogens with zero attached hydrogens (tertiary/aromatic N) is 5. The summed E-state index contributed by atoms with van der Waals surface area (Å²) in [6, 6.07) is 4.99. The quantitative estimate of drug-likeness (QED) is 0.468. The molecule has 5 rings (SSSR count). The first-order valence-corrected chi connectivity index (χ1v) is 12.1. The number of hydrogen-bond acceptors (Lipinski definition) is 4. The lowest BCUT2D eigenvalue weighted by atomic mass is 10.1. The third-order valence-corrected chi connectivity index (χ3v) is 7.47. The third-order valence-electron chi connectivity index (χ3n) is 6.89. The first-order valence-electron chi connectivity index (χ1n) is 11.6. The monoisotopic (exact) mass is 469 g/mol. The molecule has 0 amide bonds. The summed E-state index contributed by atoms with van der Waals surface area (Å²) in [5, 5.41) is 1.04. The van der Waals surface area contributed by atoms with Crippen molar-refractivity contribution in [3.05, 3.63) is 65.3 Å². The first kappa shape index (κ1) is 22.3. The summed E-state index contributed by atoms with van der Waals surface area (Å²) in [6.07, 6.45) is 5.63. The van der Waals surface area contributed by atoms with Gasteiger partial charge in [0.15, 0.2) is 5.82 Å². The number of anilines is 2. The van der Waals surface area contributed by atoms with Gasteiger partial charge >= 0.3 is 0 Å². The molecule has 33 heavy (non-hydrogen) atoms. The number of fused-ring (bicyclic) bond motifs is 3. The summed E-state index contributed by atoms with van der Waals surface area (Å²) in [5.41, 5.74) is 4.38. The molecule has 2 aromatic heterocycles. The van der Waals surface area contributed by atoms with Crippen LogP contribution in [0.4, 0.5) is 20.2 Å². The van der Waals surface area contributed by atoms with Crippen molar-refractivity contribution in [3.8, 4) is 0 Å². The molecule has 2 aliphatic rings. The second-order valence-corrected chi connectivity index (χ2v) is 9.50. The maximum Gasteiger partial charge on any atom is 0.152 e. The number of piperidine rings is 1. The molecule has 0 aliphatic carbocycles. The highest BCUT2D eigenvalue weighted by molar-refractivity contribution is 7.15. The number of aromatic nitrogens is 2. The van der Waals surface area contributed by atoms with Gasteiger partial charge in [-0.1, -0.05) is 19.1 Å². The van der Waals surface area contributed by atoms with E-state index in [0.717, 1.165) is 41.9 Å². The molecule has 4 heterocycles. The van der Waals surface area contributed by atoms with Crippen molar-refractivity contribution in [2.75, 3.05) is 29.4 Å². The Balaban J connectivity index is 1.59. The van der Waals surface area contributed by atoms with Gasteiger partial charge in [0.2, 0.25) is 0 Å². The molecule has 8 heteroatoms. The maximum absolute atomic E-state index is 15.0. The SMILES string of the molecule is C=C1N(c2c(F)ccc(C)c2F)Cc2cnc3c(cc(CN4CCCCC4)n3P)c2N1CC. The van der Waals surface area contributed by atoms with Crippen molar-refractivity contribution in [3.63, 3.8) is 0 Å². The number of halogens is 2. The van der Waals surface area contributed by atoms with Gasteiger partial charge in [0.05, 0.1) is 12.2 Å². The average molecular weight is 470 g/mol. The fraction of sp³-hybridized carbons (Fsp3) is 0.400. The van der Waals surface area contributed by atoms with E-state index in [0.29, 0.717) is 24.5 Å². The maximum atomic E-state index is 15.0.